The Labute approximate surface area is 170 Å². The van der Waals surface area contributed by atoms with Gasteiger partial charge in [0.25, 0.3) is 0 Å². The molecule has 1 heterocycles. The van der Waals surface area contributed by atoms with Crippen molar-refractivity contribution >= 4 is 38.9 Å². The van der Waals surface area contributed by atoms with E-state index in [1.54, 1.807) is 48.5 Å². The van der Waals surface area contributed by atoms with Gasteiger partial charge in [-0.25, -0.2) is 8.42 Å². The number of fused-ring (bicyclic) bond motifs is 1. The molecule has 1 N–H and O–H groups in total. The second-order valence-corrected chi connectivity index (χ2v) is 8.56. The van der Waals surface area contributed by atoms with Gasteiger partial charge in [0.15, 0.2) is 0 Å². The van der Waals surface area contributed by atoms with Crippen LogP contribution in [0.3, 0.4) is 0 Å². The van der Waals surface area contributed by atoms with Gasteiger partial charge in [-0.05, 0) is 30.7 Å². The van der Waals surface area contributed by atoms with Crippen molar-refractivity contribution in [3.8, 4) is 5.75 Å². The Morgan fingerprint density at radius 1 is 1.17 bits per heavy atom. The van der Waals surface area contributed by atoms with E-state index in [0.717, 1.165) is 6.26 Å². The molecule has 0 saturated carbocycles. The summed E-state index contributed by atoms with van der Waals surface area (Å²) in [6.45, 7) is 0.0603. The van der Waals surface area contributed by atoms with E-state index in [1.165, 1.54) is 16.3 Å². The van der Waals surface area contributed by atoms with Crippen molar-refractivity contribution in [3.63, 3.8) is 0 Å². The van der Waals surface area contributed by atoms with Crippen LogP contribution in [0, 0.1) is 0 Å². The van der Waals surface area contributed by atoms with Gasteiger partial charge in [-0.15, -0.1) is 0 Å². The van der Waals surface area contributed by atoms with Gasteiger partial charge >= 0.3 is 0 Å². The number of anilines is 3. The number of nitrogens with one attached hydrogen (secondary N) is 1. The van der Waals surface area contributed by atoms with Crippen LogP contribution in [0.1, 0.15) is 12.8 Å². The van der Waals surface area contributed by atoms with Gasteiger partial charge in [-0.2, -0.15) is 0 Å². The van der Waals surface area contributed by atoms with E-state index in [0.29, 0.717) is 29.2 Å². The number of hydrogen-bond acceptors (Lipinski definition) is 5. The third-order valence-corrected chi connectivity index (χ3v) is 5.76. The van der Waals surface area contributed by atoms with Crippen LogP contribution in [-0.4, -0.2) is 46.7 Å². The SMILES string of the molecule is COc1ccccc1N(CCCC(=O)N1CC(=O)Nc2ccccc21)S(C)(=O)=O. The summed E-state index contributed by atoms with van der Waals surface area (Å²) < 4.78 is 31.1. The summed E-state index contributed by atoms with van der Waals surface area (Å²) in [4.78, 5) is 26.1. The monoisotopic (exact) mass is 417 g/mol. The number of hydrogen-bond donors (Lipinski definition) is 1. The second kappa shape index (κ2) is 8.52. The number of benzene rings is 2. The zero-order valence-corrected chi connectivity index (χ0v) is 17.1. The van der Waals surface area contributed by atoms with E-state index in [4.69, 9.17) is 4.74 Å². The van der Waals surface area contributed by atoms with Gasteiger partial charge in [0, 0.05) is 13.0 Å². The molecule has 3 rings (SSSR count). The van der Waals surface area contributed by atoms with Crippen LogP contribution >= 0.6 is 0 Å². The molecule has 2 aromatic rings. The number of para-hydroxylation sites is 4. The summed E-state index contributed by atoms with van der Waals surface area (Å²) in [5.41, 5.74) is 1.65. The highest BCUT2D eigenvalue weighted by atomic mass is 32.2. The molecule has 1 aliphatic rings. The molecule has 0 atom stereocenters. The normalized spacial score (nSPS) is 13.4. The molecule has 1 aliphatic heterocycles. The third-order valence-electron chi connectivity index (χ3n) is 4.58. The van der Waals surface area contributed by atoms with Crippen LogP contribution < -0.4 is 19.3 Å². The van der Waals surface area contributed by atoms with Crippen molar-refractivity contribution < 1.29 is 22.7 Å². The molecule has 9 heteroatoms. The molecule has 0 bridgehead atoms. The summed E-state index contributed by atoms with van der Waals surface area (Å²) in [5.74, 6) is -0.0597. The molecule has 8 nitrogen and oxygen atoms in total. The standard InChI is InChI=1S/C20H23N3O5S/c1-28-18-11-6-5-10-17(18)23(29(2,26)27)13-7-12-20(25)22-14-19(24)21-15-8-3-4-9-16(15)22/h3-6,8-11H,7,12-14H2,1-2H3,(H,21,24). The van der Waals surface area contributed by atoms with Crippen LogP contribution in [0.25, 0.3) is 0 Å². The van der Waals surface area contributed by atoms with Crippen molar-refractivity contribution in [2.24, 2.45) is 0 Å². The number of sulfonamides is 1. The van der Waals surface area contributed by atoms with E-state index in [1.807, 2.05) is 0 Å². The third kappa shape index (κ3) is 4.68. The number of carbonyl (C=O) groups is 2. The maximum atomic E-state index is 12.8. The van der Waals surface area contributed by atoms with E-state index >= 15 is 0 Å². The topological polar surface area (TPSA) is 96.0 Å². The Morgan fingerprint density at radius 2 is 1.86 bits per heavy atom. The lowest BCUT2D eigenvalue weighted by Crippen LogP contribution is -2.42. The van der Waals surface area contributed by atoms with Crippen LogP contribution in [0.2, 0.25) is 0 Å². The highest BCUT2D eigenvalue weighted by Crippen LogP contribution is 2.31. The summed E-state index contributed by atoms with van der Waals surface area (Å²) >= 11 is 0. The molecule has 0 radical (unpaired) electrons. The predicted molar refractivity (Wildman–Crippen MR) is 112 cm³/mol. The Kier molecular flexibility index (Phi) is 6.07. The first-order valence-electron chi connectivity index (χ1n) is 9.11. The summed E-state index contributed by atoms with van der Waals surface area (Å²) in [6, 6.07) is 13.9. The van der Waals surface area contributed by atoms with Gasteiger partial charge in [-0.3, -0.25) is 13.9 Å². The Hall–Kier alpha value is -3.07. The highest BCUT2D eigenvalue weighted by Gasteiger charge is 2.27. The quantitative estimate of drug-likeness (QED) is 0.745. The summed E-state index contributed by atoms with van der Waals surface area (Å²) in [6.07, 6.45) is 1.51. The number of amides is 2. The number of nitrogens with zero attached hydrogens (tertiary/aromatic N) is 2. The van der Waals surface area contributed by atoms with Crippen molar-refractivity contribution in [3.05, 3.63) is 48.5 Å². The molecule has 0 aliphatic carbocycles. The molecule has 154 valence electrons. The summed E-state index contributed by atoms with van der Waals surface area (Å²) in [7, 11) is -2.09. The lowest BCUT2D eigenvalue weighted by molar-refractivity contribution is -0.121. The average Bonchev–Trinajstić information content (AvgIpc) is 2.69. The van der Waals surface area contributed by atoms with E-state index in [2.05, 4.69) is 5.32 Å². The fraction of sp³-hybridized carbons (Fsp3) is 0.300. The molecule has 0 fully saturated rings. The molecule has 0 aromatic heterocycles. The second-order valence-electron chi connectivity index (χ2n) is 6.66. The Bertz CT molecular complexity index is 1020. The number of carbonyl (C=O) groups excluding carboxylic acids is 2. The van der Waals surface area contributed by atoms with Gasteiger partial charge in [0.2, 0.25) is 21.8 Å². The van der Waals surface area contributed by atoms with Gasteiger partial charge in [0.05, 0.1) is 30.4 Å². The minimum absolute atomic E-state index is 0.0574. The van der Waals surface area contributed by atoms with Crippen LogP contribution in [0.4, 0.5) is 17.1 Å². The Balaban J connectivity index is 1.72. The first-order chi connectivity index (χ1) is 13.8. The van der Waals surface area contributed by atoms with Crippen molar-refractivity contribution in [2.75, 3.05) is 41.0 Å². The number of methoxy groups -OCH3 is 1. The zero-order valence-electron chi connectivity index (χ0n) is 16.3. The smallest absolute Gasteiger partial charge is 0.244 e. The van der Waals surface area contributed by atoms with E-state index < -0.39 is 10.0 Å². The molecular weight excluding hydrogens is 394 g/mol. The molecule has 0 saturated heterocycles. The van der Waals surface area contributed by atoms with Crippen LogP contribution in [0.5, 0.6) is 5.75 Å². The Morgan fingerprint density at radius 3 is 2.59 bits per heavy atom. The maximum absolute atomic E-state index is 12.8. The maximum Gasteiger partial charge on any atom is 0.244 e. The average molecular weight is 417 g/mol. The van der Waals surface area contributed by atoms with Crippen molar-refractivity contribution in [2.45, 2.75) is 12.8 Å². The molecule has 0 spiro atoms. The molecule has 2 amide bonds. The zero-order chi connectivity index (χ0) is 21.0. The molecule has 2 aromatic carbocycles. The fourth-order valence-electron chi connectivity index (χ4n) is 3.27. The minimum Gasteiger partial charge on any atom is -0.495 e. The first-order valence-corrected chi connectivity index (χ1v) is 11.0. The van der Waals surface area contributed by atoms with Gasteiger partial charge in [0.1, 0.15) is 12.3 Å². The minimum atomic E-state index is -3.57. The van der Waals surface area contributed by atoms with Crippen LogP contribution in [0.15, 0.2) is 48.5 Å². The number of rotatable bonds is 7. The van der Waals surface area contributed by atoms with Gasteiger partial charge in [-0.1, -0.05) is 24.3 Å². The van der Waals surface area contributed by atoms with Crippen molar-refractivity contribution in [1.29, 1.82) is 0 Å². The van der Waals surface area contributed by atoms with E-state index in [-0.39, 0.29) is 31.3 Å². The fourth-order valence-corrected chi connectivity index (χ4v) is 4.23. The highest BCUT2D eigenvalue weighted by molar-refractivity contribution is 7.92. The first kappa shape index (κ1) is 20.7. The molecule has 29 heavy (non-hydrogen) atoms. The molecule has 0 unspecified atom stereocenters. The van der Waals surface area contributed by atoms with Crippen LogP contribution in [-0.2, 0) is 19.6 Å². The van der Waals surface area contributed by atoms with E-state index in [9.17, 15) is 18.0 Å². The van der Waals surface area contributed by atoms with Crippen molar-refractivity contribution in [1.82, 2.24) is 0 Å². The lowest BCUT2D eigenvalue weighted by atomic mass is 10.1. The lowest BCUT2D eigenvalue weighted by Gasteiger charge is -2.29. The predicted octanol–water partition coefficient (Wildman–Crippen LogP) is 2.23. The summed E-state index contributed by atoms with van der Waals surface area (Å²) in [5, 5.41) is 2.74. The largest absolute Gasteiger partial charge is 0.495 e. The molecular formula is C20H23N3O5S. The number of ether oxygens (including phenoxy) is 1. The van der Waals surface area contributed by atoms with Gasteiger partial charge < -0.3 is 15.0 Å².